The van der Waals surface area contributed by atoms with E-state index < -0.39 is 10.0 Å². The molecule has 3 fully saturated rings. The number of rotatable bonds is 4. The maximum absolute atomic E-state index is 12.9. The molecule has 2 aliphatic carbocycles. The van der Waals surface area contributed by atoms with E-state index in [-0.39, 0.29) is 5.91 Å². The Morgan fingerprint density at radius 1 is 1.04 bits per heavy atom. The van der Waals surface area contributed by atoms with Crippen LogP contribution in [0.1, 0.15) is 32.6 Å². The van der Waals surface area contributed by atoms with Gasteiger partial charge in [0.2, 0.25) is 15.9 Å². The van der Waals surface area contributed by atoms with Gasteiger partial charge in [-0.1, -0.05) is 6.42 Å². The summed E-state index contributed by atoms with van der Waals surface area (Å²) in [5, 5.41) is 2.66. The van der Waals surface area contributed by atoms with Crippen molar-refractivity contribution in [3.8, 4) is 0 Å². The quantitative estimate of drug-likeness (QED) is 0.873. The third-order valence-electron chi connectivity index (χ3n) is 6.26. The van der Waals surface area contributed by atoms with Crippen molar-refractivity contribution < 1.29 is 13.2 Å². The minimum absolute atomic E-state index is 0.169. The topological polar surface area (TPSA) is 69.7 Å². The van der Waals surface area contributed by atoms with Gasteiger partial charge in [-0.25, -0.2) is 8.42 Å². The van der Waals surface area contributed by atoms with Crippen LogP contribution in [0.3, 0.4) is 0 Å². The molecule has 6 nitrogen and oxygen atoms in total. The van der Waals surface area contributed by atoms with Crippen molar-refractivity contribution in [3.63, 3.8) is 0 Å². The maximum Gasteiger partial charge on any atom is 0.243 e. The largest absolute Gasteiger partial charge is 0.326 e. The second-order valence-corrected chi connectivity index (χ2v) is 9.83. The van der Waals surface area contributed by atoms with Crippen LogP contribution in [-0.2, 0) is 14.8 Å². The SMILES string of the molecule is CC(=O)Nc1ccc(S(=O)(=O)N2CCN([C@@H]3C[C@@H]4CC[C@H]3C4)CC2)cc1. The number of nitrogens with one attached hydrogen (secondary N) is 1. The Morgan fingerprint density at radius 2 is 1.73 bits per heavy atom. The van der Waals surface area contributed by atoms with Gasteiger partial charge in [0.25, 0.3) is 0 Å². The molecule has 1 aromatic carbocycles. The van der Waals surface area contributed by atoms with E-state index in [9.17, 15) is 13.2 Å². The average Bonchev–Trinajstić information content (AvgIpc) is 3.25. The van der Waals surface area contributed by atoms with Gasteiger partial charge < -0.3 is 5.32 Å². The molecule has 1 N–H and O–H groups in total. The lowest BCUT2D eigenvalue weighted by Crippen LogP contribution is -2.53. The third kappa shape index (κ3) is 3.40. The van der Waals surface area contributed by atoms with Gasteiger partial charge in [-0.3, -0.25) is 9.69 Å². The fourth-order valence-electron chi connectivity index (χ4n) is 5.00. The van der Waals surface area contributed by atoms with E-state index in [1.165, 1.54) is 32.6 Å². The number of benzene rings is 1. The van der Waals surface area contributed by atoms with Crippen LogP contribution >= 0.6 is 0 Å². The van der Waals surface area contributed by atoms with Crippen molar-refractivity contribution in [2.45, 2.75) is 43.5 Å². The van der Waals surface area contributed by atoms with E-state index in [1.54, 1.807) is 28.6 Å². The summed E-state index contributed by atoms with van der Waals surface area (Å²) in [6.45, 7) is 4.21. The summed E-state index contributed by atoms with van der Waals surface area (Å²) < 4.78 is 27.4. The van der Waals surface area contributed by atoms with Crippen LogP contribution in [0.25, 0.3) is 0 Å². The van der Waals surface area contributed by atoms with Gasteiger partial charge in [-0.15, -0.1) is 0 Å². The van der Waals surface area contributed by atoms with Crippen molar-refractivity contribution in [3.05, 3.63) is 24.3 Å². The molecule has 2 bridgehead atoms. The number of nitrogens with zero attached hydrogens (tertiary/aromatic N) is 2. The Labute approximate surface area is 155 Å². The minimum atomic E-state index is -3.47. The molecule has 1 heterocycles. The molecule has 7 heteroatoms. The summed E-state index contributed by atoms with van der Waals surface area (Å²) in [7, 11) is -3.47. The molecular weight excluding hydrogens is 350 g/mol. The van der Waals surface area contributed by atoms with Crippen molar-refractivity contribution in [1.29, 1.82) is 0 Å². The van der Waals surface area contributed by atoms with Crippen molar-refractivity contribution in [2.24, 2.45) is 11.8 Å². The molecule has 1 aromatic rings. The predicted octanol–water partition coefficient (Wildman–Crippen LogP) is 2.14. The number of sulfonamides is 1. The van der Waals surface area contributed by atoms with E-state index in [2.05, 4.69) is 10.2 Å². The summed E-state index contributed by atoms with van der Waals surface area (Å²) in [5.41, 5.74) is 0.609. The molecule has 4 rings (SSSR count). The number of hydrogen-bond donors (Lipinski definition) is 1. The number of piperazine rings is 1. The number of hydrogen-bond acceptors (Lipinski definition) is 4. The zero-order valence-electron chi connectivity index (χ0n) is 15.2. The molecule has 0 unspecified atom stereocenters. The Kier molecular flexibility index (Phi) is 4.79. The standard InChI is InChI=1S/C19H27N3O3S/c1-14(23)20-17-4-6-18(7-5-17)26(24,25)22-10-8-21(9-11-22)19-13-15-2-3-16(19)12-15/h4-7,15-16,19H,2-3,8-13H2,1H3,(H,20,23)/t15-,16+,19-/m1/s1. The first kappa shape index (κ1) is 17.9. The fraction of sp³-hybridized carbons (Fsp3) is 0.632. The number of carbonyl (C=O) groups excluding carboxylic acids is 1. The Bertz CT molecular complexity index is 770. The molecule has 1 saturated heterocycles. The highest BCUT2D eigenvalue weighted by atomic mass is 32.2. The first-order valence-electron chi connectivity index (χ1n) is 9.55. The van der Waals surface area contributed by atoms with Crippen molar-refractivity contribution in [2.75, 3.05) is 31.5 Å². The lowest BCUT2D eigenvalue weighted by atomic mass is 9.93. The van der Waals surface area contributed by atoms with Gasteiger partial charge in [0, 0.05) is 44.8 Å². The van der Waals surface area contributed by atoms with E-state index in [4.69, 9.17) is 0 Å². The van der Waals surface area contributed by atoms with E-state index in [0.29, 0.717) is 29.7 Å². The van der Waals surface area contributed by atoms with Crippen LogP contribution in [0, 0.1) is 11.8 Å². The third-order valence-corrected chi connectivity index (χ3v) is 8.17. The Balaban J connectivity index is 1.39. The van der Waals surface area contributed by atoms with E-state index in [1.807, 2.05) is 0 Å². The van der Waals surface area contributed by atoms with Gasteiger partial charge in [-0.2, -0.15) is 4.31 Å². The molecule has 26 heavy (non-hydrogen) atoms. The van der Waals surface area contributed by atoms with Gasteiger partial charge in [0.15, 0.2) is 0 Å². The highest BCUT2D eigenvalue weighted by Crippen LogP contribution is 2.46. The molecule has 142 valence electrons. The summed E-state index contributed by atoms with van der Waals surface area (Å²) >= 11 is 0. The number of carbonyl (C=O) groups is 1. The van der Waals surface area contributed by atoms with Gasteiger partial charge in [-0.05, 0) is 55.4 Å². The monoisotopic (exact) mass is 377 g/mol. The van der Waals surface area contributed by atoms with E-state index in [0.717, 1.165) is 24.9 Å². The predicted molar refractivity (Wildman–Crippen MR) is 100 cm³/mol. The van der Waals surface area contributed by atoms with Crippen molar-refractivity contribution >= 4 is 21.6 Å². The molecule has 0 aromatic heterocycles. The van der Waals surface area contributed by atoms with Crippen LogP contribution in [0.15, 0.2) is 29.2 Å². The average molecular weight is 378 g/mol. The second-order valence-electron chi connectivity index (χ2n) is 7.89. The lowest BCUT2D eigenvalue weighted by molar-refractivity contribution is -0.114. The number of amides is 1. The molecule has 0 radical (unpaired) electrons. The normalized spacial score (nSPS) is 29.8. The molecule has 2 saturated carbocycles. The van der Waals surface area contributed by atoms with Crippen molar-refractivity contribution in [1.82, 2.24) is 9.21 Å². The van der Waals surface area contributed by atoms with Crippen LogP contribution in [0.2, 0.25) is 0 Å². The minimum Gasteiger partial charge on any atom is -0.326 e. The molecule has 1 amide bonds. The van der Waals surface area contributed by atoms with Crippen LogP contribution in [-0.4, -0.2) is 55.8 Å². The zero-order valence-corrected chi connectivity index (χ0v) is 16.0. The second kappa shape index (κ2) is 6.94. The highest BCUT2D eigenvalue weighted by Gasteiger charge is 2.43. The number of anilines is 1. The van der Waals surface area contributed by atoms with Crippen LogP contribution < -0.4 is 5.32 Å². The Morgan fingerprint density at radius 3 is 2.27 bits per heavy atom. The first-order valence-corrected chi connectivity index (χ1v) is 11.0. The van der Waals surface area contributed by atoms with E-state index >= 15 is 0 Å². The smallest absolute Gasteiger partial charge is 0.243 e. The highest BCUT2D eigenvalue weighted by molar-refractivity contribution is 7.89. The summed E-state index contributed by atoms with van der Waals surface area (Å²) in [6, 6.07) is 7.10. The van der Waals surface area contributed by atoms with Crippen LogP contribution in [0.4, 0.5) is 5.69 Å². The van der Waals surface area contributed by atoms with Gasteiger partial charge in [0.05, 0.1) is 4.90 Å². The molecular formula is C19H27N3O3S. The van der Waals surface area contributed by atoms with Gasteiger partial charge in [0.1, 0.15) is 0 Å². The number of fused-ring (bicyclic) bond motifs is 2. The Hall–Kier alpha value is -1.44. The summed E-state index contributed by atoms with van der Waals surface area (Å²) in [4.78, 5) is 13.9. The van der Waals surface area contributed by atoms with Crippen LogP contribution in [0.5, 0.6) is 0 Å². The fourth-order valence-corrected chi connectivity index (χ4v) is 6.42. The lowest BCUT2D eigenvalue weighted by Gasteiger charge is -2.40. The molecule has 3 aliphatic rings. The summed E-state index contributed by atoms with van der Waals surface area (Å²) in [5.74, 6) is 1.58. The molecule has 3 atom stereocenters. The molecule has 1 aliphatic heterocycles. The molecule has 0 spiro atoms. The maximum atomic E-state index is 12.9. The first-order chi connectivity index (χ1) is 12.4. The van der Waals surface area contributed by atoms with Gasteiger partial charge >= 0.3 is 0 Å². The summed E-state index contributed by atoms with van der Waals surface area (Å²) in [6.07, 6.45) is 5.43. The zero-order chi connectivity index (χ0) is 18.3.